The Morgan fingerprint density at radius 1 is 1.00 bits per heavy atom. The van der Waals surface area contributed by atoms with Crippen LogP contribution in [0.3, 0.4) is 0 Å². The predicted octanol–water partition coefficient (Wildman–Crippen LogP) is 3.36. The molecule has 0 aliphatic carbocycles. The minimum Gasteiger partial charge on any atom is -0.423 e. The Morgan fingerprint density at radius 2 is 1.71 bits per heavy atom. The summed E-state index contributed by atoms with van der Waals surface area (Å²) in [7, 11) is 0. The zero-order chi connectivity index (χ0) is 14.7. The van der Waals surface area contributed by atoms with Crippen LogP contribution in [0, 0.1) is 0 Å². The second-order valence-electron chi connectivity index (χ2n) is 4.69. The van der Waals surface area contributed by atoms with Crippen LogP contribution in [0.4, 0.5) is 0 Å². The molecule has 3 aromatic rings. The average molecular weight is 300 g/mol. The Balaban J connectivity index is 1.79. The summed E-state index contributed by atoms with van der Waals surface area (Å²) in [5.74, 6) is 0.910. The second kappa shape index (κ2) is 6.08. The second-order valence-corrected chi connectivity index (χ2v) is 5.10. The fourth-order valence-corrected chi connectivity index (χ4v) is 2.27. The van der Waals surface area contributed by atoms with Gasteiger partial charge < -0.3 is 10.2 Å². The van der Waals surface area contributed by atoms with E-state index in [1.54, 1.807) is 0 Å². The van der Waals surface area contributed by atoms with Crippen molar-refractivity contribution >= 4 is 11.6 Å². The molecule has 1 atom stereocenters. The van der Waals surface area contributed by atoms with Gasteiger partial charge in [-0.25, -0.2) is 0 Å². The molecule has 0 fully saturated rings. The van der Waals surface area contributed by atoms with Gasteiger partial charge in [0.25, 0.3) is 0 Å². The van der Waals surface area contributed by atoms with Gasteiger partial charge in [-0.2, -0.15) is 0 Å². The quantitative estimate of drug-likeness (QED) is 0.802. The summed E-state index contributed by atoms with van der Waals surface area (Å²) in [6.45, 7) is 0. The number of nitrogens with zero attached hydrogens (tertiary/aromatic N) is 2. The molecule has 5 heteroatoms. The van der Waals surface area contributed by atoms with E-state index < -0.39 is 6.04 Å². The van der Waals surface area contributed by atoms with Crippen molar-refractivity contribution in [1.29, 1.82) is 0 Å². The molecule has 2 N–H and O–H groups in total. The van der Waals surface area contributed by atoms with E-state index in [2.05, 4.69) is 10.2 Å². The lowest BCUT2D eigenvalue weighted by molar-refractivity contribution is 0.441. The lowest BCUT2D eigenvalue weighted by Crippen LogP contribution is -2.11. The van der Waals surface area contributed by atoms with Crippen molar-refractivity contribution in [3.8, 4) is 0 Å². The van der Waals surface area contributed by atoms with Crippen LogP contribution in [0.15, 0.2) is 59.0 Å². The maximum absolute atomic E-state index is 6.13. The molecule has 0 aliphatic heterocycles. The van der Waals surface area contributed by atoms with Gasteiger partial charge in [-0.15, -0.1) is 10.2 Å². The highest BCUT2D eigenvalue weighted by molar-refractivity contribution is 6.31. The zero-order valence-electron chi connectivity index (χ0n) is 11.2. The minimum absolute atomic E-state index is 0.406. The third-order valence-corrected chi connectivity index (χ3v) is 3.58. The van der Waals surface area contributed by atoms with Crippen LogP contribution >= 0.6 is 11.6 Å². The minimum atomic E-state index is -0.418. The van der Waals surface area contributed by atoms with Gasteiger partial charge in [-0.1, -0.05) is 60.1 Å². The van der Waals surface area contributed by atoms with Gasteiger partial charge in [0, 0.05) is 5.02 Å². The van der Waals surface area contributed by atoms with Crippen molar-refractivity contribution in [2.24, 2.45) is 5.73 Å². The van der Waals surface area contributed by atoms with Crippen LogP contribution in [0.1, 0.15) is 29.0 Å². The topological polar surface area (TPSA) is 64.9 Å². The van der Waals surface area contributed by atoms with Gasteiger partial charge in [0.1, 0.15) is 6.04 Å². The lowest BCUT2D eigenvalue weighted by Gasteiger charge is -2.06. The van der Waals surface area contributed by atoms with Crippen molar-refractivity contribution in [2.45, 2.75) is 12.5 Å². The number of hydrogen-bond acceptors (Lipinski definition) is 4. The Morgan fingerprint density at radius 3 is 2.48 bits per heavy atom. The number of aromatic nitrogens is 2. The first kappa shape index (κ1) is 13.8. The maximum atomic E-state index is 6.13. The number of rotatable bonds is 4. The van der Waals surface area contributed by atoms with Crippen molar-refractivity contribution in [1.82, 2.24) is 10.2 Å². The largest absolute Gasteiger partial charge is 0.423 e. The van der Waals surface area contributed by atoms with Crippen LogP contribution in [-0.4, -0.2) is 10.2 Å². The van der Waals surface area contributed by atoms with E-state index >= 15 is 0 Å². The molecule has 106 valence electrons. The molecule has 0 bridgehead atoms. The van der Waals surface area contributed by atoms with E-state index in [4.69, 9.17) is 21.8 Å². The van der Waals surface area contributed by atoms with Gasteiger partial charge in [0.05, 0.1) is 6.42 Å². The highest BCUT2D eigenvalue weighted by atomic mass is 35.5. The normalized spacial score (nSPS) is 12.3. The summed E-state index contributed by atoms with van der Waals surface area (Å²) < 4.78 is 5.65. The lowest BCUT2D eigenvalue weighted by atomic mass is 10.1. The summed E-state index contributed by atoms with van der Waals surface area (Å²) in [4.78, 5) is 0. The van der Waals surface area contributed by atoms with E-state index in [-0.39, 0.29) is 0 Å². The average Bonchev–Trinajstić information content (AvgIpc) is 2.98. The van der Waals surface area contributed by atoms with Crippen LogP contribution in [0.5, 0.6) is 0 Å². The van der Waals surface area contributed by atoms with Gasteiger partial charge in [0.2, 0.25) is 11.8 Å². The molecule has 0 radical (unpaired) electrons. The summed E-state index contributed by atoms with van der Waals surface area (Å²) in [5, 5.41) is 8.76. The Kier molecular flexibility index (Phi) is 3.99. The van der Waals surface area contributed by atoms with Gasteiger partial charge in [0.15, 0.2) is 0 Å². The maximum Gasteiger partial charge on any atom is 0.237 e. The highest BCUT2D eigenvalue weighted by Gasteiger charge is 2.16. The van der Waals surface area contributed by atoms with E-state index in [1.165, 1.54) is 0 Å². The number of nitrogens with two attached hydrogens (primary N) is 1. The molecule has 21 heavy (non-hydrogen) atoms. The summed E-state index contributed by atoms with van der Waals surface area (Å²) >= 11 is 6.12. The van der Waals surface area contributed by atoms with Crippen LogP contribution in [0.25, 0.3) is 0 Å². The van der Waals surface area contributed by atoms with Crippen molar-refractivity contribution in [3.05, 3.63) is 82.5 Å². The molecule has 2 aromatic carbocycles. The summed E-state index contributed by atoms with van der Waals surface area (Å²) in [6.07, 6.45) is 0.494. The number of benzene rings is 2. The molecule has 1 unspecified atom stereocenters. The molecule has 4 nitrogen and oxygen atoms in total. The van der Waals surface area contributed by atoms with Crippen LogP contribution in [0.2, 0.25) is 5.02 Å². The van der Waals surface area contributed by atoms with Gasteiger partial charge >= 0.3 is 0 Å². The predicted molar refractivity (Wildman–Crippen MR) is 81.0 cm³/mol. The molecular formula is C16H14ClN3O. The van der Waals surface area contributed by atoms with Crippen molar-refractivity contribution in [2.75, 3.05) is 0 Å². The first-order valence-electron chi connectivity index (χ1n) is 6.60. The van der Waals surface area contributed by atoms with Gasteiger partial charge in [-0.3, -0.25) is 0 Å². The van der Waals surface area contributed by atoms with Gasteiger partial charge in [-0.05, 0) is 17.2 Å². The summed E-state index contributed by atoms with van der Waals surface area (Å²) in [5.41, 5.74) is 8.01. The third-order valence-electron chi connectivity index (χ3n) is 3.21. The summed E-state index contributed by atoms with van der Waals surface area (Å²) in [6, 6.07) is 16.8. The van der Waals surface area contributed by atoms with Crippen molar-refractivity contribution in [3.63, 3.8) is 0 Å². The third kappa shape index (κ3) is 3.12. The fraction of sp³-hybridized carbons (Fsp3) is 0.125. The Labute approximate surface area is 127 Å². The van der Waals surface area contributed by atoms with E-state index in [0.29, 0.717) is 23.2 Å². The SMILES string of the molecule is NC(c1ccccc1)c1nnc(Cc2ccccc2Cl)o1. The zero-order valence-corrected chi connectivity index (χ0v) is 12.0. The van der Waals surface area contributed by atoms with Crippen LogP contribution < -0.4 is 5.73 Å². The standard InChI is InChI=1S/C16H14ClN3O/c17-13-9-5-4-8-12(13)10-14-19-20-16(21-14)15(18)11-6-2-1-3-7-11/h1-9,15H,10,18H2. The molecular weight excluding hydrogens is 286 g/mol. The van der Waals surface area contributed by atoms with Crippen LogP contribution in [-0.2, 0) is 6.42 Å². The van der Waals surface area contributed by atoms with E-state index in [1.807, 2.05) is 54.6 Å². The Hall–Kier alpha value is -2.17. The smallest absolute Gasteiger partial charge is 0.237 e. The first-order valence-corrected chi connectivity index (χ1v) is 6.98. The molecule has 1 heterocycles. The molecule has 0 amide bonds. The molecule has 0 spiro atoms. The molecule has 1 aromatic heterocycles. The monoisotopic (exact) mass is 299 g/mol. The fourth-order valence-electron chi connectivity index (χ4n) is 2.07. The number of hydrogen-bond donors (Lipinski definition) is 1. The molecule has 3 rings (SSSR count). The Bertz CT molecular complexity index is 727. The van der Waals surface area contributed by atoms with E-state index in [0.717, 1.165) is 11.1 Å². The van der Waals surface area contributed by atoms with E-state index in [9.17, 15) is 0 Å². The van der Waals surface area contributed by atoms with Crippen molar-refractivity contribution < 1.29 is 4.42 Å². The number of halogens is 1. The first-order chi connectivity index (χ1) is 10.2. The molecule has 0 saturated carbocycles. The highest BCUT2D eigenvalue weighted by Crippen LogP contribution is 2.21. The molecule has 0 aliphatic rings. The molecule has 0 saturated heterocycles.